The van der Waals surface area contributed by atoms with Gasteiger partial charge in [0, 0.05) is 27.6 Å². The molecule has 0 aliphatic heterocycles. The summed E-state index contributed by atoms with van der Waals surface area (Å²) < 4.78 is 0. The molecule has 0 radical (unpaired) electrons. The van der Waals surface area contributed by atoms with Crippen LogP contribution in [-0.4, -0.2) is 16.9 Å². The summed E-state index contributed by atoms with van der Waals surface area (Å²) in [5.41, 5.74) is 7.96. The summed E-state index contributed by atoms with van der Waals surface area (Å²) in [5.74, 6) is -2.01. The summed E-state index contributed by atoms with van der Waals surface area (Å²) >= 11 is 0. The van der Waals surface area contributed by atoms with Crippen LogP contribution in [0.2, 0.25) is 0 Å². The summed E-state index contributed by atoms with van der Waals surface area (Å²) in [4.78, 5) is 26.8. The van der Waals surface area contributed by atoms with Crippen molar-refractivity contribution < 1.29 is 9.72 Å². The maximum absolute atomic E-state index is 12.8. The van der Waals surface area contributed by atoms with Gasteiger partial charge in [0.25, 0.3) is 0 Å². The largest absolute Gasteiger partial charge is 0.368 e. The minimum Gasteiger partial charge on any atom is -0.368 e. The number of primary amides is 1. The van der Waals surface area contributed by atoms with Crippen LogP contribution in [0.15, 0.2) is 121 Å². The van der Waals surface area contributed by atoms with E-state index in [0.29, 0.717) is 16.7 Å². The summed E-state index contributed by atoms with van der Waals surface area (Å²) in [5, 5.41) is 22.6. The molecule has 4 aromatic rings. The predicted molar refractivity (Wildman–Crippen MR) is 146 cm³/mol. The molecule has 186 valence electrons. The molecule has 1 aliphatic carbocycles. The average Bonchev–Trinajstić information content (AvgIpc) is 3.33. The maximum Gasteiger partial charge on any atom is 0.247 e. The first-order chi connectivity index (χ1) is 18.5. The molecule has 0 saturated carbocycles. The number of nitro groups is 1. The van der Waals surface area contributed by atoms with Gasteiger partial charge in [0.1, 0.15) is 0 Å². The lowest BCUT2D eigenvalue weighted by Gasteiger charge is -2.28. The minimum atomic E-state index is -1.87. The second-order valence-electron chi connectivity index (χ2n) is 9.12. The Labute approximate surface area is 220 Å². The SMILES string of the molecule is N#CC1(C(N)=O)C=C(c2ccccc2)C([N+](=O)[O-])C1c1ccc(N(c2ccccc2)c2ccccc2)cc1. The second-order valence-corrected chi connectivity index (χ2v) is 9.12. The smallest absolute Gasteiger partial charge is 0.247 e. The second kappa shape index (κ2) is 10.0. The van der Waals surface area contributed by atoms with Gasteiger partial charge < -0.3 is 10.6 Å². The number of carbonyl (C=O) groups excluding carboxylic acids is 1. The molecule has 2 N–H and O–H groups in total. The Balaban J connectivity index is 1.62. The molecular weight excluding hydrogens is 476 g/mol. The average molecular weight is 501 g/mol. The molecule has 3 unspecified atom stereocenters. The zero-order valence-electron chi connectivity index (χ0n) is 20.3. The highest BCUT2D eigenvalue weighted by atomic mass is 16.6. The number of hydrogen-bond acceptors (Lipinski definition) is 5. The molecule has 7 heteroatoms. The van der Waals surface area contributed by atoms with E-state index < -0.39 is 28.2 Å². The van der Waals surface area contributed by atoms with Crippen LogP contribution in [0.4, 0.5) is 17.1 Å². The highest BCUT2D eigenvalue weighted by Gasteiger charge is 2.59. The van der Waals surface area contributed by atoms with Crippen molar-refractivity contribution in [3.63, 3.8) is 0 Å². The van der Waals surface area contributed by atoms with E-state index in [1.165, 1.54) is 6.08 Å². The van der Waals surface area contributed by atoms with Crippen LogP contribution in [0.25, 0.3) is 5.57 Å². The Hall–Kier alpha value is -5.22. The number of nitriles is 1. The van der Waals surface area contributed by atoms with Gasteiger partial charge in [0.05, 0.1) is 12.0 Å². The van der Waals surface area contributed by atoms with Crippen molar-refractivity contribution in [2.24, 2.45) is 11.1 Å². The first kappa shape index (κ1) is 24.5. The zero-order valence-corrected chi connectivity index (χ0v) is 20.3. The van der Waals surface area contributed by atoms with Crippen molar-refractivity contribution in [2.75, 3.05) is 4.90 Å². The van der Waals surface area contributed by atoms with Gasteiger partial charge in [-0.05, 0) is 53.6 Å². The van der Waals surface area contributed by atoms with Crippen molar-refractivity contribution in [3.05, 3.63) is 143 Å². The van der Waals surface area contributed by atoms with Gasteiger partial charge in [0.2, 0.25) is 11.9 Å². The van der Waals surface area contributed by atoms with Gasteiger partial charge in [-0.2, -0.15) is 5.26 Å². The van der Waals surface area contributed by atoms with Gasteiger partial charge >= 0.3 is 0 Å². The van der Waals surface area contributed by atoms with Crippen LogP contribution in [0.5, 0.6) is 0 Å². The van der Waals surface area contributed by atoms with Crippen LogP contribution in [0.3, 0.4) is 0 Å². The third kappa shape index (κ3) is 4.18. The lowest BCUT2D eigenvalue weighted by atomic mass is 9.73. The van der Waals surface area contributed by atoms with Gasteiger partial charge in [-0.25, -0.2) is 0 Å². The van der Waals surface area contributed by atoms with Crippen LogP contribution in [0.1, 0.15) is 17.0 Å². The molecule has 5 rings (SSSR count). The molecule has 7 nitrogen and oxygen atoms in total. The first-order valence-corrected chi connectivity index (χ1v) is 12.1. The molecule has 0 aromatic heterocycles. The maximum atomic E-state index is 12.8. The quantitative estimate of drug-likeness (QED) is 0.248. The topological polar surface area (TPSA) is 113 Å². The monoisotopic (exact) mass is 500 g/mol. The molecule has 3 atom stereocenters. The van der Waals surface area contributed by atoms with E-state index in [4.69, 9.17) is 5.73 Å². The molecule has 38 heavy (non-hydrogen) atoms. The van der Waals surface area contributed by atoms with Crippen molar-refractivity contribution in [2.45, 2.75) is 12.0 Å². The fourth-order valence-corrected chi connectivity index (χ4v) is 5.23. The Kier molecular flexibility index (Phi) is 6.46. The van der Waals surface area contributed by atoms with Gasteiger partial charge in [0.15, 0.2) is 5.41 Å². The van der Waals surface area contributed by atoms with E-state index in [0.717, 1.165) is 17.1 Å². The fourth-order valence-electron chi connectivity index (χ4n) is 5.23. The number of benzene rings is 4. The van der Waals surface area contributed by atoms with Gasteiger partial charge in [-0.15, -0.1) is 0 Å². The number of nitrogens with zero attached hydrogens (tertiary/aromatic N) is 3. The third-order valence-corrected chi connectivity index (χ3v) is 6.97. The highest BCUT2D eigenvalue weighted by molar-refractivity contribution is 5.93. The summed E-state index contributed by atoms with van der Waals surface area (Å²) in [7, 11) is 0. The van der Waals surface area contributed by atoms with Crippen molar-refractivity contribution in [3.8, 4) is 6.07 Å². The Bertz CT molecular complexity index is 1490. The molecule has 1 amide bonds. The number of carbonyl (C=O) groups is 1. The Morgan fingerprint density at radius 1 is 0.816 bits per heavy atom. The lowest BCUT2D eigenvalue weighted by molar-refractivity contribution is -0.510. The number of nitrogens with two attached hydrogens (primary N) is 1. The third-order valence-electron chi connectivity index (χ3n) is 6.97. The number of amides is 1. The first-order valence-electron chi connectivity index (χ1n) is 12.1. The van der Waals surface area contributed by atoms with Crippen molar-refractivity contribution in [1.29, 1.82) is 5.26 Å². The molecule has 0 bridgehead atoms. The number of para-hydroxylation sites is 2. The molecule has 4 aromatic carbocycles. The van der Waals surface area contributed by atoms with E-state index in [9.17, 15) is 20.2 Å². The fraction of sp³-hybridized carbons (Fsp3) is 0.0968. The summed E-state index contributed by atoms with van der Waals surface area (Å²) in [6, 6.07) is 36.3. The Morgan fingerprint density at radius 3 is 1.74 bits per heavy atom. The normalized spacial score (nSPS) is 20.2. The molecule has 0 saturated heterocycles. The predicted octanol–water partition coefficient (Wildman–Crippen LogP) is 5.98. The van der Waals surface area contributed by atoms with E-state index in [1.807, 2.05) is 78.9 Å². The van der Waals surface area contributed by atoms with Crippen LogP contribution < -0.4 is 10.6 Å². The molecule has 0 fully saturated rings. The lowest BCUT2D eigenvalue weighted by Crippen LogP contribution is -2.42. The van der Waals surface area contributed by atoms with E-state index in [2.05, 4.69) is 4.90 Å². The summed E-state index contributed by atoms with van der Waals surface area (Å²) in [6.07, 6.45) is 1.39. The molecule has 1 aliphatic rings. The minimum absolute atomic E-state index is 0.306. The number of hydrogen-bond donors (Lipinski definition) is 1. The van der Waals surface area contributed by atoms with Crippen LogP contribution in [0, 0.1) is 26.9 Å². The molecule has 0 heterocycles. The van der Waals surface area contributed by atoms with Crippen LogP contribution >= 0.6 is 0 Å². The standard InChI is InChI=1S/C31H24N4O3/c32-21-31(30(33)36)20-27(22-10-4-1-5-11-22)29(35(37)38)28(31)23-16-18-26(19-17-23)34(24-12-6-2-7-13-24)25-14-8-3-9-15-25/h1-20,28-29H,(H2,33,36). The van der Waals surface area contributed by atoms with Crippen LogP contribution in [-0.2, 0) is 4.79 Å². The van der Waals surface area contributed by atoms with Crippen molar-refractivity contribution >= 4 is 28.5 Å². The van der Waals surface area contributed by atoms with Crippen molar-refractivity contribution in [1.82, 2.24) is 0 Å². The Morgan fingerprint density at radius 2 is 1.29 bits per heavy atom. The molecule has 0 spiro atoms. The van der Waals surface area contributed by atoms with Gasteiger partial charge in [-0.3, -0.25) is 14.9 Å². The van der Waals surface area contributed by atoms with E-state index in [-0.39, 0.29) is 0 Å². The summed E-state index contributed by atoms with van der Waals surface area (Å²) in [6.45, 7) is 0. The number of anilines is 3. The number of rotatable bonds is 7. The molecular formula is C31H24N4O3. The van der Waals surface area contributed by atoms with E-state index >= 15 is 0 Å². The highest BCUT2D eigenvalue weighted by Crippen LogP contribution is 2.52. The van der Waals surface area contributed by atoms with E-state index in [1.54, 1.807) is 42.5 Å². The van der Waals surface area contributed by atoms with Gasteiger partial charge in [-0.1, -0.05) is 78.9 Å². The zero-order chi connectivity index (χ0) is 26.7.